The van der Waals surface area contributed by atoms with Crippen LogP contribution in [-0.2, 0) is 28.6 Å². The van der Waals surface area contributed by atoms with E-state index in [1.807, 2.05) is 0 Å². The molecule has 0 bridgehead atoms. The van der Waals surface area contributed by atoms with Crippen LogP contribution in [0.4, 0.5) is 0 Å². The Balaban J connectivity index is 4.45. The molecule has 0 rings (SSSR count). The number of carbonyl (C=O) groups excluding carboxylic acids is 3. The lowest BCUT2D eigenvalue weighted by atomic mass is 10.1. The van der Waals surface area contributed by atoms with Crippen molar-refractivity contribution in [2.45, 2.75) is 297 Å². The largest absolute Gasteiger partial charge is 0.462 e. The van der Waals surface area contributed by atoms with Crippen LogP contribution < -0.4 is 0 Å². The smallest absolute Gasteiger partial charge is 0.306 e. The number of rotatable bonds is 56. The molecule has 1 unspecified atom stereocenters. The van der Waals surface area contributed by atoms with Crippen LogP contribution in [-0.4, -0.2) is 37.2 Å². The molecular weight excluding hydrogens is 925 g/mol. The number of hydrogen-bond donors (Lipinski definition) is 0. The third kappa shape index (κ3) is 60.8. The van der Waals surface area contributed by atoms with Gasteiger partial charge < -0.3 is 14.2 Å². The summed E-state index contributed by atoms with van der Waals surface area (Å²) in [6.07, 6.45) is 85.1. The molecule has 0 aliphatic heterocycles. The summed E-state index contributed by atoms with van der Waals surface area (Å²) in [6.45, 7) is 6.48. The van der Waals surface area contributed by atoms with Gasteiger partial charge in [0.15, 0.2) is 6.10 Å². The topological polar surface area (TPSA) is 78.9 Å². The van der Waals surface area contributed by atoms with Crippen LogP contribution in [0.25, 0.3) is 0 Å². The highest BCUT2D eigenvalue weighted by Crippen LogP contribution is 2.15. The molecule has 0 amide bonds. The predicted molar refractivity (Wildman–Crippen MR) is 325 cm³/mol. The van der Waals surface area contributed by atoms with Crippen molar-refractivity contribution < 1.29 is 28.6 Å². The van der Waals surface area contributed by atoms with E-state index in [-0.39, 0.29) is 31.1 Å². The minimum Gasteiger partial charge on any atom is -0.462 e. The minimum absolute atomic E-state index is 0.0950. The fourth-order valence-corrected chi connectivity index (χ4v) is 8.53. The van der Waals surface area contributed by atoms with Gasteiger partial charge in [-0.3, -0.25) is 14.4 Å². The van der Waals surface area contributed by atoms with E-state index in [2.05, 4.69) is 130 Å². The summed E-state index contributed by atoms with van der Waals surface area (Å²) in [5.41, 5.74) is 0. The van der Waals surface area contributed by atoms with E-state index >= 15 is 0 Å². The number of carbonyl (C=O) groups is 3. The first kappa shape index (κ1) is 71.1. The summed E-state index contributed by atoms with van der Waals surface area (Å²) in [5, 5.41) is 0. The molecule has 6 heteroatoms. The van der Waals surface area contributed by atoms with Gasteiger partial charge in [-0.1, -0.05) is 252 Å². The quantitative estimate of drug-likeness (QED) is 0.0261. The van der Waals surface area contributed by atoms with Gasteiger partial charge in [0.1, 0.15) is 13.2 Å². The first-order valence-corrected chi connectivity index (χ1v) is 31.4. The van der Waals surface area contributed by atoms with Crippen molar-refractivity contribution in [1.82, 2.24) is 0 Å². The Bertz CT molecular complexity index is 1520. The molecule has 0 radical (unpaired) electrons. The Labute approximate surface area is 463 Å². The maximum Gasteiger partial charge on any atom is 0.306 e. The van der Waals surface area contributed by atoms with E-state index in [9.17, 15) is 14.4 Å². The van der Waals surface area contributed by atoms with Crippen molar-refractivity contribution in [2.75, 3.05) is 13.2 Å². The monoisotopic (exact) mass is 1040 g/mol. The highest BCUT2D eigenvalue weighted by Gasteiger charge is 2.19. The van der Waals surface area contributed by atoms with E-state index in [0.29, 0.717) is 19.3 Å². The Hall–Kier alpha value is -3.93. The average Bonchev–Trinajstić information content (AvgIpc) is 3.41. The molecule has 0 saturated carbocycles. The fourth-order valence-electron chi connectivity index (χ4n) is 8.53. The molecule has 0 heterocycles. The first-order valence-electron chi connectivity index (χ1n) is 31.4. The summed E-state index contributed by atoms with van der Waals surface area (Å²) in [4.78, 5) is 38.3. The second kappa shape index (κ2) is 62.6. The van der Waals surface area contributed by atoms with Gasteiger partial charge in [0.2, 0.25) is 0 Å². The van der Waals surface area contributed by atoms with Crippen molar-refractivity contribution in [3.05, 3.63) is 109 Å². The second-order valence-electron chi connectivity index (χ2n) is 20.6. The van der Waals surface area contributed by atoms with Crippen molar-refractivity contribution in [2.24, 2.45) is 0 Å². The van der Waals surface area contributed by atoms with E-state index in [0.717, 1.165) is 135 Å². The summed E-state index contributed by atoms with van der Waals surface area (Å²) in [7, 11) is 0. The van der Waals surface area contributed by atoms with Crippen molar-refractivity contribution in [3.63, 3.8) is 0 Å². The summed E-state index contributed by atoms with van der Waals surface area (Å²) in [6, 6.07) is 0. The van der Waals surface area contributed by atoms with Gasteiger partial charge in [-0.2, -0.15) is 0 Å². The predicted octanol–water partition coefficient (Wildman–Crippen LogP) is 21.4. The normalized spacial score (nSPS) is 12.8. The molecule has 6 nitrogen and oxygen atoms in total. The van der Waals surface area contributed by atoms with Gasteiger partial charge in [0, 0.05) is 19.3 Å². The highest BCUT2D eigenvalue weighted by atomic mass is 16.6. The summed E-state index contributed by atoms with van der Waals surface area (Å²) in [5.74, 6) is -0.929. The van der Waals surface area contributed by atoms with E-state index in [1.54, 1.807) is 0 Å². The number of unbranched alkanes of at least 4 members (excludes halogenated alkanes) is 27. The zero-order chi connectivity index (χ0) is 54.3. The molecule has 75 heavy (non-hydrogen) atoms. The zero-order valence-corrected chi connectivity index (χ0v) is 49.0. The SMILES string of the molecule is CC/C=C\C/C=C\C/C=C\C/C=C\C/C=C\C/C=C\CCCCCCC(=O)OCC(COC(=O)CCCCCCC/C=C\C/C=C\CCCCC)OC(=O)CCCCCCCCCCC/C=C\CCCCCCCC. The van der Waals surface area contributed by atoms with Gasteiger partial charge in [0.05, 0.1) is 0 Å². The molecule has 1 atom stereocenters. The van der Waals surface area contributed by atoms with Crippen molar-refractivity contribution >= 4 is 17.9 Å². The maximum atomic E-state index is 12.9. The van der Waals surface area contributed by atoms with Gasteiger partial charge in [-0.25, -0.2) is 0 Å². The zero-order valence-electron chi connectivity index (χ0n) is 49.0. The number of ether oxygens (including phenoxy) is 3. The average molecular weight is 1040 g/mol. The lowest BCUT2D eigenvalue weighted by Crippen LogP contribution is -2.30. The standard InChI is InChI=1S/C69H116O6/c1-4-7-10-13-16-19-22-25-28-30-32-33-34-35-37-38-41-44-47-50-53-56-59-62-68(71)74-65-66(64-73-67(70)61-58-55-52-49-46-43-40-27-24-21-18-15-12-9-6-3)75-69(72)63-60-57-54-51-48-45-42-39-36-31-29-26-23-20-17-14-11-8-5-2/h7,10,16,18-19,21,25-29,32-33,35,37,40-41,44,66H,4-6,8-9,11-15,17,20,22-24,30-31,34,36,38-39,42-43,45-65H2,1-3H3/b10-7-,19-16-,21-18-,28-25-,29-26-,33-32-,37-35-,40-27-,44-41-. The maximum absolute atomic E-state index is 12.9. The minimum atomic E-state index is -0.799. The Morgan fingerprint density at radius 1 is 0.280 bits per heavy atom. The molecule has 0 saturated heterocycles. The van der Waals surface area contributed by atoms with Gasteiger partial charge in [-0.15, -0.1) is 0 Å². The molecule has 0 N–H and O–H groups in total. The molecule has 0 aromatic rings. The van der Waals surface area contributed by atoms with E-state index in [4.69, 9.17) is 14.2 Å². The molecule has 428 valence electrons. The molecule has 0 fully saturated rings. The van der Waals surface area contributed by atoms with Crippen molar-refractivity contribution in [3.8, 4) is 0 Å². The third-order valence-corrected chi connectivity index (χ3v) is 13.2. The molecule has 0 aliphatic carbocycles. The molecule has 0 spiro atoms. The van der Waals surface area contributed by atoms with Gasteiger partial charge in [0.25, 0.3) is 0 Å². The van der Waals surface area contributed by atoms with Crippen LogP contribution in [0.5, 0.6) is 0 Å². The highest BCUT2D eigenvalue weighted by molar-refractivity contribution is 5.71. The molecule has 0 aromatic heterocycles. The van der Waals surface area contributed by atoms with Crippen LogP contribution in [0.3, 0.4) is 0 Å². The van der Waals surface area contributed by atoms with E-state index < -0.39 is 6.10 Å². The van der Waals surface area contributed by atoms with Crippen molar-refractivity contribution in [1.29, 1.82) is 0 Å². The second-order valence-corrected chi connectivity index (χ2v) is 20.6. The summed E-state index contributed by atoms with van der Waals surface area (Å²) < 4.78 is 16.9. The van der Waals surface area contributed by atoms with Gasteiger partial charge >= 0.3 is 17.9 Å². The first-order chi connectivity index (χ1) is 37.0. The number of esters is 3. The number of allylic oxidation sites excluding steroid dienone is 18. The van der Waals surface area contributed by atoms with Crippen LogP contribution in [0.2, 0.25) is 0 Å². The van der Waals surface area contributed by atoms with Crippen LogP contribution >= 0.6 is 0 Å². The Kier molecular flexibility index (Phi) is 59.3. The third-order valence-electron chi connectivity index (χ3n) is 13.2. The van der Waals surface area contributed by atoms with Gasteiger partial charge in [-0.05, 0) is 128 Å². The van der Waals surface area contributed by atoms with Crippen LogP contribution in [0.15, 0.2) is 109 Å². The summed E-state index contributed by atoms with van der Waals surface area (Å²) >= 11 is 0. The fraction of sp³-hybridized carbons (Fsp3) is 0.696. The Morgan fingerprint density at radius 3 is 0.853 bits per heavy atom. The van der Waals surface area contributed by atoms with E-state index in [1.165, 1.54) is 116 Å². The lowest BCUT2D eigenvalue weighted by molar-refractivity contribution is -0.167. The molecule has 0 aliphatic rings. The van der Waals surface area contributed by atoms with Crippen LogP contribution in [0, 0.1) is 0 Å². The van der Waals surface area contributed by atoms with Crippen LogP contribution in [0.1, 0.15) is 290 Å². The number of hydrogen-bond acceptors (Lipinski definition) is 6. The molecule has 0 aromatic carbocycles. The lowest BCUT2D eigenvalue weighted by Gasteiger charge is -2.18. The Morgan fingerprint density at radius 2 is 0.520 bits per heavy atom. The molecular formula is C69H116O6.